The lowest BCUT2D eigenvalue weighted by Gasteiger charge is -2.25. The molecule has 0 unspecified atom stereocenters. The third-order valence-electron chi connectivity index (χ3n) is 2.93. The molecule has 0 radical (unpaired) electrons. The number of halogens is 2. The molecule has 0 aliphatic carbocycles. The van der Waals surface area contributed by atoms with Gasteiger partial charge in [-0.1, -0.05) is 11.6 Å². The summed E-state index contributed by atoms with van der Waals surface area (Å²) in [5.41, 5.74) is 2.25. The molecular weight excluding hydrogens is 322 g/mol. The van der Waals surface area contributed by atoms with Crippen molar-refractivity contribution >= 4 is 45.7 Å². The Bertz CT molecular complexity index is 456. The van der Waals surface area contributed by atoms with Crippen LogP contribution in [0.15, 0.2) is 17.1 Å². The zero-order valence-corrected chi connectivity index (χ0v) is 11.0. The minimum Gasteiger partial charge on any atom is -0.356 e. The monoisotopic (exact) mass is 332 g/mol. The van der Waals surface area contributed by atoms with E-state index in [2.05, 4.69) is 38.5 Å². The predicted octanol–water partition coefficient (Wildman–Crippen LogP) is 3.58. The summed E-state index contributed by atoms with van der Waals surface area (Å²) < 4.78 is 1.16. The second-order valence-electron chi connectivity index (χ2n) is 3.94. The van der Waals surface area contributed by atoms with Crippen molar-refractivity contribution in [3.05, 3.63) is 26.3 Å². The van der Waals surface area contributed by atoms with E-state index >= 15 is 0 Å². The van der Waals surface area contributed by atoms with Gasteiger partial charge in [0.15, 0.2) is 0 Å². The van der Waals surface area contributed by atoms with Gasteiger partial charge in [-0.3, -0.25) is 0 Å². The third kappa shape index (κ3) is 1.65. The second-order valence-corrected chi connectivity index (χ2v) is 5.59. The minimum absolute atomic E-state index is 0.853. The molecule has 3 rings (SSSR count). The van der Waals surface area contributed by atoms with E-state index in [4.69, 9.17) is 11.6 Å². The van der Waals surface area contributed by atoms with Crippen LogP contribution in [-0.2, 0) is 6.54 Å². The van der Waals surface area contributed by atoms with E-state index in [1.165, 1.54) is 17.8 Å². The lowest BCUT2D eigenvalue weighted by molar-refractivity contribution is 0.443. The first-order valence-electron chi connectivity index (χ1n) is 5.04. The molecular formula is C11H10ClIN2. The Kier molecular flexibility index (Phi) is 2.39. The summed E-state index contributed by atoms with van der Waals surface area (Å²) in [6, 6.07) is 4.13. The molecule has 2 aliphatic heterocycles. The van der Waals surface area contributed by atoms with Crippen LogP contribution in [0.25, 0.3) is 0 Å². The zero-order valence-electron chi connectivity index (χ0n) is 8.13. The van der Waals surface area contributed by atoms with E-state index in [9.17, 15) is 0 Å². The summed E-state index contributed by atoms with van der Waals surface area (Å²) in [5, 5.41) is 0.853. The Labute approximate surface area is 107 Å². The average molecular weight is 333 g/mol. The summed E-state index contributed by atoms with van der Waals surface area (Å²) in [6.07, 6.45) is 2.34. The molecule has 15 heavy (non-hydrogen) atoms. The molecule has 4 heteroatoms. The van der Waals surface area contributed by atoms with Crippen molar-refractivity contribution in [1.29, 1.82) is 0 Å². The molecule has 0 saturated carbocycles. The standard InChI is InChI=1S/C11H10ClIN2/c12-9-4-7(13)5-10-8(9)6-15-3-1-2-11(15)14-10/h4-5H,1-3,6H2. The second kappa shape index (κ2) is 3.63. The fourth-order valence-corrected chi connectivity index (χ4v) is 3.25. The van der Waals surface area contributed by atoms with Crippen LogP contribution >= 0.6 is 34.2 Å². The number of benzene rings is 1. The highest BCUT2D eigenvalue weighted by Crippen LogP contribution is 2.36. The van der Waals surface area contributed by atoms with Gasteiger partial charge in [-0.2, -0.15) is 0 Å². The molecule has 1 fully saturated rings. The van der Waals surface area contributed by atoms with Crippen LogP contribution in [0.5, 0.6) is 0 Å². The SMILES string of the molecule is Clc1cc(I)cc2c1CN1CCCC1=N2. The predicted molar refractivity (Wildman–Crippen MR) is 70.9 cm³/mol. The summed E-state index contributed by atoms with van der Waals surface area (Å²) in [4.78, 5) is 7.02. The minimum atomic E-state index is 0.853. The molecule has 2 heterocycles. The quantitative estimate of drug-likeness (QED) is 0.663. The maximum atomic E-state index is 6.24. The number of fused-ring (bicyclic) bond motifs is 2. The van der Waals surface area contributed by atoms with Crippen molar-refractivity contribution in [2.45, 2.75) is 19.4 Å². The smallest absolute Gasteiger partial charge is 0.105 e. The number of aliphatic imine (C=N–C) groups is 1. The van der Waals surface area contributed by atoms with Crippen LogP contribution in [0.1, 0.15) is 18.4 Å². The highest BCUT2D eigenvalue weighted by atomic mass is 127. The van der Waals surface area contributed by atoms with E-state index in [0.717, 1.165) is 33.8 Å². The summed E-state index contributed by atoms with van der Waals surface area (Å²) in [5.74, 6) is 1.24. The number of hydrogen-bond acceptors (Lipinski definition) is 2. The van der Waals surface area contributed by atoms with E-state index in [-0.39, 0.29) is 0 Å². The molecule has 1 aromatic rings. The molecule has 0 spiro atoms. The number of amidine groups is 1. The van der Waals surface area contributed by atoms with Gasteiger partial charge in [0, 0.05) is 33.7 Å². The number of hydrogen-bond donors (Lipinski definition) is 0. The van der Waals surface area contributed by atoms with Crippen molar-refractivity contribution in [3.63, 3.8) is 0 Å². The van der Waals surface area contributed by atoms with Crippen molar-refractivity contribution in [2.24, 2.45) is 4.99 Å². The van der Waals surface area contributed by atoms with Crippen molar-refractivity contribution < 1.29 is 0 Å². The Hall–Kier alpha value is -0.290. The van der Waals surface area contributed by atoms with Crippen LogP contribution in [0, 0.1) is 3.57 Å². The zero-order chi connectivity index (χ0) is 10.4. The van der Waals surface area contributed by atoms with Gasteiger partial charge in [0.05, 0.1) is 5.69 Å². The Morgan fingerprint density at radius 1 is 1.40 bits per heavy atom. The molecule has 1 aromatic carbocycles. The first-order chi connectivity index (χ1) is 7.24. The summed E-state index contributed by atoms with van der Waals surface area (Å²) in [6.45, 7) is 2.06. The van der Waals surface area contributed by atoms with E-state index in [0.29, 0.717) is 0 Å². The van der Waals surface area contributed by atoms with E-state index in [1.54, 1.807) is 0 Å². The van der Waals surface area contributed by atoms with Gasteiger partial charge in [0.25, 0.3) is 0 Å². The summed E-state index contributed by atoms with van der Waals surface area (Å²) in [7, 11) is 0. The molecule has 78 valence electrons. The first kappa shape index (κ1) is 9.90. The highest BCUT2D eigenvalue weighted by molar-refractivity contribution is 14.1. The van der Waals surface area contributed by atoms with Crippen LogP contribution in [0.3, 0.4) is 0 Å². The van der Waals surface area contributed by atoms with Gasteiger partial charge in [0.1, 0.15) is 5.84 Å². The lowest BCUT2D eigenvalue weighted by atomic mass is 10.1. The molecule has 1 saturated heterocycles. The molecule has 0 aromatic heterocycles. The number of rotatable bonds is 0. The molecule has 2 aliphatic rings. The molecule has 0 atom stereocenters. The van der Waals surface area contributed by atoms with Crippen LogP contribution in [0.4, 0.5) is 5.69 Å². The van der Waals surface area contributed by atoms with Crippen LogP contribution < -0.4 is 0 Å². The average Bonchev–Trinajstić information content (AvgIpc) is 2.61. The largest absolute Gasteiger partial charge is 0.356 e. The van der Waals surface area contributed by atoms with Gasteiger partial charge in [0.2, 0.25) is 0 Å². The van der Waals surface area contributed by atoms with Crippen LogP contribution in [-0.4, -0.2) is 17.3 Å². The topological polar surface area (TPSA) is 15.6 Å². The van der Waals surface area contributed by atoms with Crippen molar-refractivity contribution in [1.82, 2.24) is 4.90 Å². The Balaban J connectivity index is 2.15. The van der Waals surface area contributed by atoms with Gasteiger partial charge in [-0.15, -0.1) is 0 Å². The van der Waals surface area contributed by atoms with Crippen LogP contribution in [0.2, 0.25) is 5.02 Å². The maximum Gasteiger partial charge on any atom is 0.105 e. The van der Waals surface area contributed by atoms with Gasteiger partial charge in [-0.05, 0) is 41.1 Å². The fourth-order valence-electron chi connectivity index (χ4n) is 2.19. The van der Waals surface area contributed by atoms with Gasteiger partial charge in [-0.25, -0.2) is 4.99 Å². The lowest BCUT2D eigenvalue weighted by Crippen LogP contribution is -2.27. The molecule has 2 nitrogen and oxygen atoms in total. The van der Waals surface area contributed by atoms with E-state index in [1.807, 2.05) is 6.07 Å². The molecule has 0 amide bonds. The first-order valence-corrected chi connectivity index (χ1v) is 6.50. The normalized spacial score (nSPS) is 18.5. The fraction of sp³-hybridized carbons (Fsp3) is 0.364. The van der Waals surface area contributed by atoms with Crippen molar-refractivity contribution in [2.75, 3.05) is 6.54 Å². The number of nitrogens with zero attached hydrogens (tertiary/aromatic N) is 2. The maximum absolute atomic E-state index is 6.24. The summed E-state index contributed by atoms with van der Waals surface area (Å²) >= 11 is 8.52. The van der Waals surface area contributed by atoms with Crippen molar-refractivity contribution in [3.8, 4) is 0 Å². The third-order valence-corrected chi connectivity index (χ3v) is 3.89. The Morgan fingerprint density at radius 3 is 3.13 bits per heavy atom. The van der Waals surface area contributed by atoms with Gasteiger partial charge < -0.3 is 4.90 Å². The molecule has 0 N–H and O–H groups in total. The van der Waals surface area contributed by atoms with E-state index < -0.39 is 0 Å². The Morgan fingerprint density at radius 2 is 2.27 bits per heavy atom. The molecule has 0 bridgehead atoms. The highest BCUT2D eigenvalue weighted by Gasteiger charge is 2.25. The van der Waals surface area contributed by atoms with Gasteiger partial charge >= 0.3 is 0 Å².